The number of benzene rings is 1. The number of thiophene rings is 1. The van der Waals surface area contributed by atoms with Crippen LogP contribution in [0, 0.1) is 0 Å². The molecule has 0 spiro atoms. The molecule has 0 radical (unpaired) electrons. The first-order valence-corrected chi connectivity index (χ1v) is 8.20. The zero-order valence-electron chi connectivity index (χ0n) is 12.7. The Morgan fingerprint density at radius 1 is 1.39 bits per heavy atom. The fourth-order valence-corrected chi connectivity index (χ4v) is 3.24. The Balaban J connectivity index is 1.53. The summed E-state index contributed by atoms with van der Waals surface area (Å²) in [7, 11) is 1.36. The van der Waals surface area contributed by atoms with Crippen LogP contribution in [0.5, 0.6) is 5.75 Å². The maximum atomic E-state index is 11.9. The standard InChI is InChI=1S/C17H17NO4S/c1-21-17(20)11-4-5-15-12(7-11)8-13(22-15)10-18-16(19)9-14-3-2-6-23-14/h2-7,13H,8-10H2,1H3,(H,18,19)/t13-/m0/s1. The molecule has 1 aliphatic rings. The van der Waals surface area contributed by atoms with Crippen LogP contribution in [0.2, 0.25) is 0 Å². The molecule has 1 amide bonds. The van der Waals surface area contributed by atoms with E-state index in [-0.39, 0.29) is 18.0 Å². The molecular formula is C17H17NO4S. The summed E-state index contributed by atoms with van der Waals surface area (Å²) < 4.78 is 10.5. The number of hydrogen-bond acceptors (Lipinski definition) is 5. The number of carbonyl (C=O) groups excluding carboxylic acids is 2. The molecule has 120 valence electrons. The quantitative estimate of drug-likeness (QED) is 0.853. The second-order valence-corrected chi connectivity index (χ2v) is 6.35. The molecule has 0 aliphatic carbocycles. The van der Waals surface area contributed by atoms with Crippen molar-refractivity contribution in [3.63, 3.8) is 0 Å². The third kappa shape index (κ3) is 3.71. The second kappa shape index (κ2) is 6.83. The van der Waals surface area contributed by atoms with Gasteiger partial charge in [-0.3, -0.25) is 4.79 Å². The van der Waals surface area contributed by atoms with E-state index in [0.717, 1.165) is 16.2 Å². The number of methoxy groups -OCH3 is 1. The SMILES string of the molecule is COC(=O)c1ccc2c(c1)C[C@@H](CNC(=O)Cc1cccs1)O2. The topological polar surface area (TPSA) is 64.6 Å². The summed E-state index contributed by atoms with van der Waals surface area (Å²) in [6.45, 7) is 0.451. The Bertz CT molecular complexity index is 711. The zero-order chi connectivity index (χ0) is 16.2. The molecule has 0 fully saturated rings. The van der Waals surface area contributed by atoms with Gasteiger partial charge in [-0.25, -0.2) is 4.79 Å². The van der Waals surface area contributed by atoms with Gasteiger partial charge in [-0.15, -0.1) is 11.3 Å². The van der Waals surface area contributed by atoms with Gasteiger partial charge in [-0.05, 0) is 35.2 Å². The van der Waals surface area contributed by atoms with E-state index in [0.29, 0.717) is 24.9 Å². The molecule has 3 rings (SSSR count). The molecule has 1 aromatic carbocycles. The van der Waals surface area contributed by atoms with Gasteiger partial charge in [-0.2, -0.15) is 0 Å². The molecule has 0 unspecified atom stereocenters. The largest absolute Gasteiger partial charge is 0.488 e. The van der Waals surface area contributed by atoms with E-state index in [1.54, 1.807) is 29.5 Å². The first kappa shape index (κ1) is 15.6. The van der Waals surface area contributed by atoms with Crippen molar-refractivity contribution in [1.29, 1.82) is 0 Å². The van der Waals surface area contributed by atoms with E-state index in [1.165, 1.54) is 7.11 Å². The molecule has 0 saturated carbocycles. The van der Waals surface area contributed by atoms with Crippen molar-refractivity contribution in [2.75, 3.05) is 13.7 Å². The smallest absolute Gasteiger partial charge is 0.337 e. The van der Waals surface area contributed by atoms with E-state index in [9.17, 15) is 9.59 Å². The summed E-state index contributed by atoms with van der Waals surface area (Å²) in [6, 6.07) is 9.12. The summed E-state index contributed by atoms with van der Waals surface area (Å²) in [5.41, 5.74) is 1.47. The molecule has 23 heavy (non-hydrogen) atoms. The van der Waals surface area contributed by atoms with Crippen molar-refractivity contribution >= 4 is 23.2 Å². The summed E-state index contributed by atoms with van der Waals surface area (Å²) in [5, 5.41) is 4.85. The van der Waals surface area contributed by atoms with Gasteiger partial charge in [0.15, 0.2) is 0 Å². The van der Waals surface area contributed by atoms with E-state index in [2.05, 4.69) is 5.32 Å². The molecule has 6 heteroatoms. The predicted molar refractivity (Wildman–Crippen MR) is 86.9 cm³/mol. The number of ether oxygens (including phenoxy) is 2. The van der Waals surface area contributed by atoms with Crippen LogP contribution in [0.4, 0.5) is 0 Å². The van der Waals surface area contributed by atoms with Crippen LogP contribution in [-0.4, -0.2) is 31.6 Å². The molecule has 1 N–H and O–H groups in total. The van der Waals surface area contributed by atoms with Gasteiger partial charge in [0.05, 0.1) is 25.6 Å². The van der Waals surface area contributed by atoms with Crippen LogP contribution in [0.15, 0.2) is 35.7 Å². The molecule has 1 aromatic heterocycles. The van der Waals surface area contributed by atoms with Crippen LogP contribution < -0.4 is 10.1 Å². The minimum Gasteiger partial charge on any atom is -0.488 e. The Hall–Kier alpha value is -2.34. The first-order chi connectivity index (χ1) is 11.2. The van der Waals surface area contributed by atoms with Crippen molar-refractivity contribution in [1.82, 2.24) is 5.32 Å². The highest BCUT2D eigenvalue weighted by molar-refractivity contribution is 7.10. The maximum absolute atomic E-state index is 11.9. The summed E-state index contributed by atoms with van der Waals surface area (Å²) >= 11 is 1.57. The number of carbonyl (C=O) groups is 2. The monoisotopic (exact) mass is 331 g/mol. The van der Waals surface area contributed by atoms with E-state index in [1.807, 2.05) is 17.5 Å². The highest BCUT2D eigenvalue weighted by Gasteiger charge is 2.24. The number of esters is 1. The normalized spacial score (nSPS) is 15.6. The van der Waals surface area contributed by atoms with E-state index >= 15 is 0 Å². The average molecular weight is 331 g/mol. The van der Waals surface area contributed by atoms with Crippen molar-refractivity contribution in [2.24, 2.45) is 0 Å². The minimum absolute atomic E-state index is 0.0118. The van der Waals surface area contributed by atoms with Gasteiger partial charge >= 0.3 is 5.97 Å². The van der Waals surface area contributed by atoms with Gasteiger partial charge in [0, 0.05) is 11.3 Å². The number of nitrogens with one attached hydrogen (secondary N) is 1. The molecule has 2 heterocycles. The molecular weight excluding hydrogens is 314 g/mol. The van der Waals surface area contributed by atoms with Gasteiger partial charge in [-0.1, -0.05) is 6.07 Å². The fourth-order valence-electron chi connectivity index (χ4n) is 2.54. The highest BCUT2D eigenvalue weighted by atomic mass is 32.1. The lowest BCUT2D eigenvalue weighted by molar-refractivity contribution is -0.120. The number of fused-ring (bicyclic) bond motifs is 1. The molecule has 5 nitrogen and oxygen atoms in total. The number of hydrogen-bond donors (Lipinski definition) is 1. The molecule has 0 bridgehead atoms. The Kier molecular flexibility index (Phi) is 4.62. The molecule has 0 saturated heterocycles. The first-order valence-electron chi connectivity index (χ1n) is 7.32. The zero-order valence-corrected chi connectivity index (χ0v) is 13.5. The van der Waals surface area contributed by atoms with Gasteiger partial charge in [0.2, 0.25) is 5.91 Å². The molecule has 2 aromatic rings. The minimum atomic E-state index is -0.361. The third-order valence-corrected chi connectivity index (χ3v) is 4.54. The van der Waals surface area contributed by atoms with Crippen molar-refractivity contribution in [2.45, 2.75) is 18.9 Å². The van der Waals surface area contributed by atoms with Crippen molar-refractivity contribution < 1.29 is 19.1 Å². The van der Waals surface area contributed by atoms with E-state index < -0.39 is 0 Å². The molecule has 1 aliphatic heterocycles. The lowest BCUT2D eigenvalue weighted by atomic mass is 10.1. The van der Waals surface area contributed by atoms with Gasteiger partial charge in [0.25, 0.3) is 0 Å². The summed E-state index contributed by atoms with van der Waals surface area (Å²) in [4.78, 5) is 24.5. The summed E-state index contributed by atoms with van der Waals surface area (Å²) in [6.07, 6.45) is 0.952. The second-order valence-electron chi connectivity index (χ2n) is 5.32. The Labute approximate surface area is 138 Å². The number of amides is 1. The number of rotatable bonds is 5. The van der Waals surface area contributed by atoms with Crippen LogP contribution >= 0.6 is 11.3 Å². The van der Waals surface area contributed by atoms with E-state index in [4.69, 9.17) is 9.47 Å². The highest BCUT2D eigenvalue weighted by Crippen LogP contribution is 2.29. The lowest BCUT2D eigenvalue weighted by Crippen LogP contribution is -2.35. The van der Waals surface area contributed by atoms with Crippen LogP contribution in [0.1, 0.15) is 20.8 Å². The Morgan fingerprint density at radius 2 is 2.26 bits per heavy atom. The van der Waals surface area contributed by atoms with Crippen molar-refractivity contribution in [3.05, 3.63) is 51.7 Å². The average Bonchev–Trinajstić information content (AvgIpc) is 3.20. The predicted octanol–water partition coefficient (Wildman–Crippen LogP) is 2.20. The maximum Gasteiger partial charge on any atom is 0.337 e. The van der Waals surface area contributed by atoms with Gasteiger partial charge in [0.1, 0.15) is 11.9 Å². The lowest BCUT2D eigenvalue weighted by Gasteiger charge is -2.11. The third-order valence-electron chi connectivity index (χ3n) is 3.66. The van der Waals surface area contributed by atoms with Crippen LogP contribution in [0.3, 0.4) is 0 Å². The van der Waals surface area contributed by atoms with Crippen LogP contribution in [-0.2, 0) is 22.4 Å². The van der Waals surface area contributed by atoms with Crippen LogP contribution in [0.25, 0.3) is 0 Å². The molecule has 1 atom stereocenters. The summed E-state index contributed by atoms with van der Waals surface area (Å²) in [5.74, 6) is 0.387. The van der Waals surface area contributed by atoms with Gasteiger partial charge < -0.3 is 14.8 Å². The Morgan fingerprint density at radius 3 is 3.00 bits per heavy atom. The van der Waals surface area contributed by atoms with Crippen molar-refractivity contribution in [3.8, 4) is 5.75 Å². The fraction of sp³-hybridized carbons (Fsp3) is 0.294.